The molecular weight excluding hydrogens is 266 g/mol. The molecule has 1 unspecified atom stereocenters. The first-order valence-electron chi connectivity index (χ1n) is 7.76. The van der Waals surface area contributed by atoms with Gasteiger partial charge in [-0.3, -0.25) is 0 Å². The second-order valence-corrected chi connectivity index (χ2v) is 5.94. The van der Waals surface area contributed by atoms with Crippen LogP contribution in [0.2, 0.25) is 0 Å². The summed E-state index contributed by atoms with van der Waals surface area (Å²) in [6, 6.07) is 5.57. The molecule has 0 spiro atoms. The van der Waals surface area contributed by atoms with Crippen LogP contribution >= 0.6 is 0 Å². The molecule has 0 aliphatic carbocycles. The van der Waals surface area contributed by atoms with E-state index in [-0.39, 0.29) is 0 Å². The van der Waals surface area contributed by atoms with Crippen LogP contribution in [0.3, 0.4) is 0 Å². The number of nitrogens with zero attached hydrogens (tertiary/aromatic N) is 1. The Morgan fingerprint density at radius 2 is 1.95 bits per heavy atom. The molecule has 1 aromatic rings. The molecule has 0 saturated carbocycles. The lowest BCUT2D eigenvalue weighted by Crippen LogP contribution is -2.34. The van der Waals surface area contributed by atoms with E-state index < -0.39 is 6.10 Å². The molecule has 0 amide bonds. The monoisotopic (exact) mass is 293 g/mol. The Morgan fingerprint density at radius 3 is 2.57 bits per heavy atom. The number of ether oxygens (including phenoxy) is 2. The molecule has 21 heavy (non-hydrogen) atoms. The van der Waals surface area contributed by atoms with Gasteiger partial charge in [-0.1, -0.05) is 6.92 Å². The van der Waals surface area contributed by atoms with Gasteiger partial charge in [0.1, 0.15) is 11.5 Å². The molecule has 0 bridgehead atoms. The third-order valence-corrected chi connectivity index (χ3v) is 4.39. The van der Waals surface area contributed by atoms with Crippen molar-refractivity contribution in [2.45, 2.75) is 32.3 Å². The summed E-state index contributed by atoms with van der Waals surface area (Å²) >= 11 is 0. The van der Waals surface area contributed by atoms with Crippen LogP contribution in [0.4, 0.5) is 0 Å². The molecule has 0 aromatic heterocycles. The summed E-state index contributed by atoms with van der Waals surface area (Å²) < 4.78 is 10.5. The highest BCUT2D eigenvalue weighted by Gasteiger charge is 2.19. The standard InChI is InChI=1S/C17H27NO3/c1-13-6-9-18(10-7-13)11-8-16(19)15-5-4-14(20-2)12-17(15)21-3/h4-5,12-13,16,19H,6-11H2,1-3H3. The van der Waals surface area contributed by atoms with Crippen molar-refractivity contribution in [3.63, 3.8) is 0 Å². The van der Waals surface area contributed by atoms with Gasteiger partial charge in [-0.15, -0.1) is 0 Å². The van der Waals surface area contributed by atoms with Crippen LogP contribution in [0, 0.1) is 5.92 Å². The van der Waals surface area contributed by atoms with E-state index in [0.29, 0.717) is 5.75 Å². The van der Waals surface area contributed by atoms with E-state index in [4.69, 9.17) is 9.47 Å². The molecule has 118 valence electrons. The summed E-state index contributed by atoms with van der Waals surface area (Å²) in [5.41, 5.74) is 0.837. The van der Waals surface area contributed by atoms with Crippen molar-refractivity contribution in [2.75, 3.05) is 33.9 Å². The Hall–Kier alpha value is -1.26. The Morgan fingerprint density at radius 1 is 1.24 bits per heavy atom. The number of hydrogen-bond donors (Lipinski definition) is 1. The third kappa shape index (κ3) is 4.35. The molecule has 1 atom stereocenters. The summed E-state index contributed by atoms with van der Waals surface area (Å²) in [5.74, 6) is 2.27. The summed E-state index contributed by atoms with van der Waals surface area (Å²) in [7, 11) is 3.25. The van der Waals surface area contributed by atoms with E-state index in [9.17, 15) is 5.11 Å². The molecule has 1 aromatic carbocycles. The van der Waals surface area contributed by atoms with Crippen molar-refractivity contribution in [1.82, 2.24) is 4.90 Å². The molecule has 1 aliphatic rings. The van der Waals surface area contributed by atoms with Gasteiger partial charge in [0.15, 0.2) is 0 Å². The average Bonchev–Trinajstić information content (AvgIpc) is 2.53. The van der Waals surface area contributed by atoms with Crippen LogP contribution in [0.25, 0.3) is 0 Å². The zero-order valence-corrected chi connectivity index (χ0v) is 13.3. The lowest BCUT2D eigenvalue weighted by molar-refractivity contribution is 0.123. The van der Waals surface area contributed by atoms with Crippen molar-refractivity contribution < 1.29 is 14.6 Å². The first kappa shape index (κ1) is 16.1. The number of hydrogen-bond acceptors (Lipinski definition) is 4. The first-order valence-corrected chi connectivity index (χ1v) is 7.76. The molecule has 1 heterocycles. The van der Waals surface area contributed by atoms with E-state index in [2.05, 4.69) is 11.8 Å². The summed E-state index contributed by atoms with van der Waals surface area (Å²) in [6.07, 6.45) is 2.77. The van der Waals surface area contributed by atoms with E-state index in [1.54, 1.807) is 14.2 Å². The molecule has 4 heteroatoms. The highest BCUT2D eigenvalue weighted by atomic mass is 16.5. The third-order valence-electron chi connectivity index (χ3n) is 4.39. The van der Waals surface area contributed by atoms with E-state index in [1.165, 1.54) is 12.8 Å². The Balaban J connectivity index is 1.92. The van der Waals surface area contributed by atoms with Crippen molar-refractivity contribution in [1.29, 1.82) is 0 Å². The van der Waals surface area contributed by atoms with E-state index in [0.717, 1.165) is 43.3 Å². The number of piperidine rings is 1. The number of methoxy groups -OCH3 is 2. The van der Waals surface area contributed by atoms with Gasteiger partial charge >= 0.3 is 0 Å². The fourth-order valence-corrected chi connectivity index (χ4v) is 2.84. The number of aliphatic hydroxyl groups excluding tert-OH is 1. The van der Waals surface area contributed by atoms with Gasteiger partial charge in [0, 0.05) is 18.2 Å². The van der Waals surface area contributed by atoms with Gasteiger partial charge in [-0.05, 0) is 50.4 Å². The normalized spacial score (nSPS) is 18.5. The minimum Gasteiger partial charge on any atom is -0.497 e. The summed E-state index contributed by atoms with van der Waals surface area (Å²) in [6.45, 7) is 5.54. The minimum atomic E-state index is -0.495. The molecule has 2 rings (SSSR count). The maximum Gasteiger partial charge on any atom is 0.128 e. The largest absolute Gasteiger partial charge is 0.497 e. The highest BCUT2D eigenvalue weighted by molar-refractivity contribution is 5.41. The van der Waals surface area contributed by atoms with Gasteiger partial charge < -0.3 is 19.5 Å². The van der Waals surface area contributed by atoms with Crippen molar-refractivity contribution in [2.24, 2.45) is 5.92 Å². The number of rotatable bonds is 6. The predicted molar refractivity (Wildman–Crippen MR) is 84.0 cm³/mol. The quantitative estimate of drug-likeness (QED) is 0.876. The van der Waals surface area contributed by atoms with Crippen LogP contribution < -0.4 is 9.47 Å². The highest BCUT2D eigenvalue weighted by Crippen LogP contribution is 2.31. The molecule has 1 saturated heterocycles. The van der Waals surface area contributed by atoms with Crippen molar-refractivity contribution in [3.05, 3.63) is 23.8 Å². The molecule has 1 fully saturated rings. The smallest absolute Gasteiger partial charge is 0.128 e. The van der Waals surface area contributed by atoms with Gasteiger partial charge in [-0.25, -0.2) is 0 Å². The molecule has 1 N–H and O–H groups in total. The fourth-order valence-electron chi connectivity index (χ4n) is 2.84. The van der Waals surface area contributed by atoms with E-state index >= 15 is 0 Å². The van der Waals surface area contributed by atoms with Gasteiger partial charge in [-0.2, -0.15) is 0 Å². The molecular formula is C17H27NO3. The van der Waals surface area contributed by atoms with Gasteiger partial charge in [0.25, 0.3) is 0 Å². The molecule has 0 radical (unpaired) electrons. The second kappa shape index (κ2) is 7.66. The van der Waals surface area contributed by atoms with Gasteiger partial charge in [0.05, 0.1) is 20.3 Å². The molecule has 1 aliphatic heterocycles. The zero-order valence-electron chi connectivity index (χ0n) is 13.3. The Kier molecular flexibility index (Phi) is 5.88. The van der Waals surface area contributed by atoms with Crippen LogP contribution in [0.15, 0.2) is 18.2 Å². The van der Waals surface area contributed by atoms with Crippen molar-refractivity contribution in [3.8, 4) is 11.5 Å². The fraction of sp³-hybridized carbons (Fsp3) is 0.647. The van der Waals surface area contributed by atoms with Crippen LogP contribution in [0.5, 0.6) is 11.5 Å². The van der Waals surface area contributed by atoms with E-state index in [1.807, 2.05) is 18.2 Å². The van der Waals surface area contributed by atoms with Crippen LogP contribution in [0.1, 0.15) is 37.9 Å². The zero-order chi connectivity index (χ0) is 15.2. The second-order valence-electron chi connectivity index (χ2n) is 5.94. The summed E-state index contributed by atoms with van der Waals surface area (Å²) in [5, 5.41) is 10.4. The predicted octanol–water partition coefficient (Wildman–Crippen LogP) is 2.86. The molecule has 4 nitrogen and oxygen atoms in total. The van der Waals surface area contributed by atoms with Gasteiger partial charge in [0.2, 0.25) is 0 Å². The average molecular weight is 293 g/mol. The minimum absolute atomic E-state index is 0.495. The first-order chi connectivity index (χ1) is 10.1. The summed E-state index contributed by atoms with van der Waals surface area (Å²) in [4.78, 5) is 2.44. The SMILES string of the molecule is COc1ccc(C(O)CCN2CCC(C)CC2)c(OC)c1. The number of likely N-dealkylation sites (tertiary alicyclic amines) is 1. The Bertz CT molecular complexity index is 442. The van der Waals surface area contributed by atoms with Crippen LogP contribution in [-0.2, 0) is 0 Å². The topological polar surface area (TPSA) is 41.9 Å². The maximum absolute atomic E-state index is 10.4. The van der Waals surface area contributed by atoms with Crippen molar-refractivity contribution >= 4 is 0 Å². The van der Waals surface area contributed by atoms with Crippen LogP contribution in [-0.4, -0.2) is 43.9 Å². The number of aliphatic hydroxyl groups is 1. The number of benzene rings is 1. The maximum atomic E-state index is 10.4. The lowest BCUT2D eigenvalue weighted by Gasteiger charge is -2.30. The lowest BCUT2D eigenvalue weighted by atomic mass is 9.98. The Labute approximate surface area is 127 Å².